The Morgan fingerprint density at radius 1 is 0.909 bits per heavy atom. The van der Waals surface area contributed by atoms with Crippen LogP contribution in [0, 0.1) is 6.92 Å². The summed E-state index contributed by atoms with van der Waals surface area (Å²) in [7, 11) is 0. The van der Waals surface area contributed by atoms with E-state index >= 15 is 0 Å². The first kappa shape index (κ1) is 14.4. The molecule has 0 bridgehead atoms. The zero-order valence-corrected chi connectivity index (χ0v) is 11.7. The summed E-state index contributed by atoms with van der Waals surface area (Å²) >= 11 is 0. The summed E-state index contributed by atoms with van der Waals surface area (Å²) in [6, 6.07) is 14.9. The smallest absolute Gasteiger partial charge is 0.355 e. The molecular formula is C17H12F3NO. The molecule has 1 aromatic heterocycles. The summed E-state index contributed by atoms with van der Waals surface area (Å²) in [5.41, 5.74) is 0.564. The lowest BCUT2D eigenvalue weighted by molar-refractivity contribution is -0.136. The van der Waals surface area contributed by atoms with Crippen LogP contribution in [0.2, 0.25) is 0 Å². The van der Waals surface area contributed by atoms with Crippen LogP contribution in [-0.2, 0) is 6.18 Å². The minimum absolute atomic E-state index is 0.185. The predicted molar refractivity (Wildman–Crippen MR) is 77.1 cm³/mol. The van der Waals surface area contributed by atoms with Crippen LogP contribution in [-0.4, -0.2) is 5.16 Å². The van der Waals surface area contributed by atoms with Gasteiger partial charge in [-0.1, -0.05) is 59.3 Å². The van der Waals surface area contributed by atoms with E-state index in [9.17, 15) is 13.2 Å². The maximum absolute atomic E-state index is 13.5. The van der Waals surface area contributed by atoms with E-state index in [2.05, 4.69) is 5.16 Å². The van der Waals surface area contributed by atoms with Crippen LogP contribution >= 0.6 is 0 Å². The van der Waals surface area contributed by atoms with Crippen LogP contribution in [0.4, 0.5) is 13.2 Å². The summed E-state index contributed by atoms with van der Waals surface area (Å²) in [4.78, 5) is 0. The Morgan fingerprint density at radius 2 is 1.59 bits per heavy atom. The van der Waals surface area contributed by atoms with Crippen LogP contribution in [0.15, 0.2) is 59.1 Å². The Morgan fingerprint density at radius 3 is 2.23 bits per heavy atom. The Hall–Kier alpha value is -2.56. The molecule has 0 amide bonds. The molecule has 0 saturated heterocycles. The number of halogens is 3. The van der Waals surface area contributed by atoms with E-state index in [0.717, 1.165) is 5.56 Å². The average Bonchev–Trinajstić information content (AvgIpc) is 2.93. The maximum Gasteiger partial charge on any atom is 0.422 e. The van der Waals surface area contributed by atoms with E-state index < -0.39 is 11.7 Å². The van der Waals surface area contributed by atoms with Crippen LogP contribution in [0.1, 0.15) is 11.1 Å². The standard InChI is InChI=1S/C17H12F3NO/c1-11-6-5-9-13(10-11)15-14(17(18,19)20)16(22-21-15)12-7-3-2-4-8-12/h2-10H,1H3. The summed E-state index contributed by atoms with van der Waals surface area (Å²) in [5, 5.41) is 3.68. The third-order valence-electron chi connectivity index (χ3n) is 3.30. The van der Waals surface area contributed by atoms with Gasteiger partial charge in [-0.3, -0.25) is 0 Å². The number of benzene rings is 2. The molecular weight excluding hydrogens is 291 g/mol. The van der Waals surface area contributed by atoms with Crippen molar-refractivity contribution in [1.29, 1.82) is 0 Å². The van der Waals surface area contributed by atoms with E-state index in [0.29, 0.717) is 11.1 Å². The van der Waals surface area contributed by atoms with Gasteiger partial charge in [-0.15, -0.1) is 0 Å². The van der Waals surface area contributed by atoms with Crippen molar-refractivity contribution < 1.29 is 17.7 Å². The molecule has 0 aliphatic rings. The first-order chi connectivity index (χ1) is 10.5. The van der Waals surface area contributed by atoms with Crippen molar-refractivity contribution in [3.05, 3.63) is 65.7 Å². The molecule has 3 rings (SSSR count). The minimum atomic E-state index is -4.55. The van der Waals surface area contributed by atoms with Crippen molar-refractivity contribution in [2.45, 2.75) is 13.1 Å². The molecule has 3 aromatic rings. The highest BCUT2D eigenvalue weighted by Crippen LogP contribution is 2.43. The second kappa shape index (κ2) is 5.33. The maximum atomic E-state index is 13.5. The highest BCUT2D eigenvalue weighted by atomic mass is 19.4. The van der Waals surface area contributed by atoms with Gasteiger partial charge in [0.1, 0.15) is 11.3 Å². The molecule has 112 valence electrons. The number of rotatable bonds is 2. The Labute approximate surface area is 125 Å². The molecule has 0 atom stereocenters. The zero-order valence-electron chi connectivity index (χ0n) is 11.7. The lowest BCUT2D eigenvalue weighted by Crippen LogP contribution is -2.07. The summed E-state index contributed by atoms with van der Waals surface area (Å²) in [5.74, 6) is -0.260. The molecule has 5 heteroatoms. The summed E-state index contributed by atoms with van der Waals surface area (Å²) < 4.78 is 45.6. The largest absolute Gasteiger partial charge is 0.422 e. The first-order valence-electron chi connectivity index (χ1n) is 6.66. The topological polar surface area (TPSA) is 26.0 Å². The van der Waals surface area contributed by atoms with Crippen LogP contribution in [0.3, 0.4) is 0 Å². The monoisotopic (exact) mass is 303 g/mol. The fourth-order valence-electron chi connectivity index (χ4n) is 2.33. The third-order valence-corrected chi connectivity index (χ3v) is 3.30. The van der Waals surface area contributed by atoms with Crippen molar-refractivity contribution in [1.82, 2.24) is 5.16 Å². The first-order valence-corrected chi connectivity index (χ1v) is 6.66. The highest BCUT2D eigenvalue weighted by Gasteiger charge is 2.41. The van der Waals surface area contributed by atoms with Gasteiger partial charge >= 0.3 is 6.18 Å². The van der Waals surface area contributed by atoms with Gasteiger partial charge in [-0.2, -0.15) is 13.2 Å². The molecule has 0 spiro atoms. The van der Waals surface area contributed by atoms with Crippen molar-refractivity contribution in [2.75, 3.05) is 0 Å². The summed E-state index contributed by atoms with van der Waals surface area (Å²) in [6.45, 7) is 1.81. The second-order valence-electron chi connectivity index (χ2n) is 4.97. The van der Waals surface area contributed by atoms with Crippen molar-refractivity contribution in [3.63, 3.8) is 0 Å². The van der Waals surface area contributed by atoms with Crippen LogP contribution in [0.5, 0.6) is 0 Å². The lowest BCUT2D eigenvalue weighted by Gasteiger charge is -2.08. The molecule has 0 aliphatic carbocycles. The van der Waals surface area contributed by atoms with Gasteiger partial charge in [0, 0.05) is 11.1 Å². The van der Waals surface area contributed by atoms with Crippen molar-refractivity contribution in [2.24, 2.45) is 0 Å². The molecule has 0 radical (unpaired) electrons. The molecule has 2 nitrogen and oxygen atoms in total. The minimum Gasteiger partial charge on any atom is -0.355 e. The van der Waals surface area contributed by atoms with E-state index in [1.807, 2.05) is 13.0 Å². The highest BCUT2D eigenvalue weighted by molar-refractivity contribution is 5.73. The molecule has 0 aliphatic heterocycles. The third kappa shape index (κ3) is 2.62. The van der Waals surface area contributed by atoms with Gasteiger partial charge in [0.05, 0.1) is 0 Å². The fraction of sp³-hybridized carbons (Fsp3) is 0.118. The SMILES string of the molecule is Cc1cccc(-c2noc(-c3ccccc3)c2C(F)(F)F)c1. The van der Waals surface area contributed by atoms with Gasteiger partial charge in [0.15, 0.2) is 5.76 Å². The molecule has 0 unspecified atom stereocenters. The van der Waals surface area contributed by atoms with Gasteiger partial charge in [-0.25, -0.2) is 0 Å². The average molecular weight is 303 g/mol. The van der Waals surface area contributed by atoms with Gasteiger partial charge in [0.25, 0.3) is 0 Å². The fourth-order valence-corrected chi connectivity index (χ4v) is 2.33. The Bertz CT molecular complexity index is 791. The van der Waals surface area contributed by atoms with E-state index in [4.69, 9.17) is 4.52 Å². The molecule has 1 heterocycles. The van der Waals surface area contributed by atoms with Crippen molar-refractivity contribution in [3.8, 4) is 22.6 Å². The molecule has 0 fully saturated rings. The lowest BCUT2D eigenvalue weighted by atomic mass is 10.0. The van der Waals surface area contributed by atoms with Crippen LogP contribution < -0.4 is 0 Å². The zero-order chi connectivity index (χ0) is 15.7. The van der Waals surface area contributed by atoms with Crippen molar-refractivity contribution >= 4 is 0 Å². The normalized spacial score (nSPS) is 11.6. The van der Waals surface area contributed by atoms with Gasteiger partial charge in [-0.05, 0) is 13.0 Å². The van der Waals surface area contributed by atoms with Crippen LogP contribution in [0.25, 0.3) is 22.6 Å². The van der Waals surface area contributed by atoms with E-state index in [-0.39, 0.29) is 11.5 Å². The molecule has 22 heavy (non-hydrogen) atoms. The number of hydrogen-bond donors (Lipinski definition) is 0. The van der Waals surface area contributed by atoms with E-state index in [1.54, 1.807) is 48.5 Å². The number of nitrogens with zero attached hydrogens (tertiary/aromatic N) is 1. The Kier molecular flexibility index (Phi) is 3.48. The quantitative estimate of drug-likeness (QED) is 0.639. The number of aryl methyl sites for hydroxylation is 1. The predicted octanol–water partition coefficient (Wildman–Crippen LogP) is 5.34. The summed E-state index contributed by atoms with van der Waals surface area (Å²) in [6.07, 6.45) is -4.55. The molecule has 2 aromatic carbocycles. The second-order valence-corrected chi connectivity index (χ2v) is 4.97. The van der Waals surface area contributed by atoms with Gasteiger partial charge in [0.2, 0.25) is 0 Å². The van der Waals surface area contributed by atoms with E-state index in [1.165, 1.54) is 0 Å². The number of hydrogen-bond acceptors (Lipinski definition) is 2. The Balaban J connectivity index is 2.23. The molecule has 0 N–H and O–H groups in total. The van der Waals surface area contributed by atoms with Gasteiger partial charge < -0.3 is 4.52 Å². The number of alkyl halides is 3. The number of aromatic nitrogens is 1. The molecule has 0 saturated carbocycles.